The molecule has 0 bridgehead atoms. The summed E-state index contributed by atoms with van der Waals surface area (Å²) < 4.78 is 0. The van der Waals surface area contributed by atoms with E-state index in [1.807, 2.05) is 30.3 Å². The van der Waals surface area contributed by atoms with E-state index in [2.05, 4.69) is 10.3 Å². The molecule has 1 aliphatic rings. The second-order valence-electron chi connectivity index (χ2n) is 5.92. The van der Waals surface area contributed by atoms with Gasteiger partial charge in [-0.3, -0.25) is 24.7 Å². The van der Waals surface area contributed by atoms with Gasteiger partial charge in [0.2, 0.25) is 11.8 Å². The van der Waals surface area contributed by atoms with Crippen molar-refractivity contribution in [1.82, 2.24) is 15.2 Å². The summed E-state index contributed by atoms with van der Waals surface area (Å²) in [6.45, 7) is 3.90. The summed E-state index contributed by atoms with van der Waals surface area (Å²) in [5.41, 5.74) is 2.78. The van der Waals surface area contributed by atoms with E-state index in [0.29, 0.717) is 17.8 Å². The molecule has 0 unspecified atom stereocenters. The van der Waals surface area contributed by atoms with Crippen LogP contribution in [-0.2, 0) is 9.59 Å². The maximum absolute atomic E-state index is 12.9. The third-order valence-electron chi connectivity index (χ3n) is 4.31. The van der Waals surface area contributed by atoms with Crippen LogP contribution in [0.1, 0.15) is 29.4 Å². The zero-order valence-corrected chi connectivity index (χ0v) is 14.2. The zero-order valence-electron chi connectivity index (χ0n) is 14.2. The van der Waals surface area contributed by atoms with Crippen LogP contribution in [0.15, 0.2) is 42.5 Å². The Morgan fingerprint density at radius 3 is 2.48 bits per heavy atom. The van der Waals surface area contributed by atoms with E-state index in [0.717, 1.165) is 11.3 Å². The highest BCUT2D eigenvalue weighted by Gasteiger charge is 2.37. The quantitative estimate of drug-likeness (QED) is 0.865. The van der Waals surface area contributed by atoms with Crippen molar-refractivity contribution in [3.8, 4) is 11.3 Å². The molecule has 0 aliphatic carbocycles. The molecule has 0 spiro atoms. The molecule has 6 heteroatoms. The van der Waals surface area contributed by atoms with Crippen LogP contribution in [-0.4, -0.2) is 40.2 Å². The predicted molar refractivity (Wildman–Crippen MR) is 92.7 cm³/mol. The van der Waals surface area contributed by atoms with Crippen LogP contribution < -0.4 is 5.32 Å². The largest absolute Gasteiger partial charge is 0.326 e. The van der Waals surface area contributed by atoms with E-state index in [1.165, 1.54) is 4.90 Å². The summed E-state index contributed by atoms with van der Waals surface area (Å²) in [4.78, 5) is 42.2. The summed E-state index contributed by atoms with van der Waals surface area (Å²) in [6.07, 6.45) is 0.00693. The highest BCUT2D eigenvalue weighted by molar-refractivity contribution is 6.08. The topological polar surface area (TPSA) is 79.4 Å². The van der Waals surface area contributed by atoms with Gasteiger partial charge in [-0.15, -0.1) is 0 Å². The highest BCUT2D eigenvalue weighted by Crippen LogP contribution is 2.21. The van der Waals surface area contributed by atoms with Crippen LogP contribution in [0.25, 0.3) is 11.3 Å². The molecule has 1 aliphatic heterocycles. The molecule has 0 saturated carbocycles. The van der Waals surface area contributed by atoms with Crippen LogP contribution in [0.2, 0.25) is 0 Å². The minimum absolute atomic E-state index is 0.00693. The van der Waals surface area contributed by atoms with Gasteiger partial charge >= 0.3 is 0 Å². The van der Waals surface area contributed by atoms with Gasteiger partial charge in [0.1, 0.15) is 6.04 Å². The van der Waals surface area contributed by atoms with Crippen molar-refractivity contribution in [2.45, 2.75) is 26.3 Å². The van der Waals surface area contributed by atoms with Crippen molar-refractivity contribution in [1.29, 1.82) is 0 Å². The van der Waals surface area contributed by atoms with Crippen molar-refractivity contribution in [2.24, 2.45) is 0 Å². The van der Waals surface area contributed by atoms with Gasteiger partial charge in [0.25, 0.3) is 5.91 Å². The van der Waals surface area contributed by atoms with Gasteiger partial charge in [-0.2, -0.15) is 0 Å². The predicted octanol–water partition coefficient (Wildman–Crippen LogP) is 1.93. The second-order valence-corrected chi connectivity index (χ2v) is 5.92. The molecule has 1 atom stereocenters. The minimum atomic E-state index is -0.752. The summed E-state index contributed by atoms with van der Waals surface area (Å²) in [5, 5.41) is 2.25. The van der Waals surface area contributed by atoms with E-state index in [-0.39, 0.29) is 18.2 Å². The maximum Gasteiger partial charge on any atom is 0.256 e. The second kappa shape index (κ2) is 6.84. The molecule has 3 rings (SSSR count). The fraction of sp³-hybridized carbons (Fsp3) is 0.263. The summed E-state index contributed by atoms with van der Waals surface area (Å²) in [7, 11) is 0. The van der Waals surface area contributed by atoms with Crippen LogP contribution in [0.4, 0.5) is 0 Å². The number of nitrogens with zero attached hydrogens (tertiary/aromatic N) is 2. The zero-order chi connectivity index (χ0) is 18.0. The number of pyridine rings is 1. The fourth-order valence-corrected chi connectivity index (χ4v) is 3.01. The van der Waals surface area contributed by atoms with Crippen LogP contribution >= 0.6 is 0 Å². The number of hydrogen-bond acceptors (Lipinski definition) is 4. The Morgan fingerprint density at radius 2 is 1.92 bits per heavy atom. The van der Waals surface area contributed by atoms with Gasteiger partial charge in [-0.05, 0) is 26.0 Å². The molecule has 25 heavy (non-hydrogen) atoms. The number of carbonyl (C=O) groups is 3. The maximum atomic E-state index is 12.9. The molecule has 2 heterocycles. The Labute approximate surface area is 145 Å². The fourth-order valence-electron chi connectivity index (χ4n) is 3.01. The third-order valence-corrected chi connectivity index (χ3v) is 4.31. The van der Waals surface area contributed by atoms with Crippen LogP contribution in [0, 0.1) is 6.92 Å². The van der Waals surface area contributed by atoms with Crippen molar-refractivity contribution in [2.75, 3.05) is 6.54 Å². The molecule has 1 saturated heterocycles. The lowest BCUT2D eigenvalue weighted by molar-refractivity contribution is -0.126. The molecule has 3 amide bonds. The van der Waals surface area contributed by atoms with Gasteiger partial charge < -0.3 is 4.90 Å². The molecule has 2 aromatic rings. The van der Waals surface area contributed by atoms with Gasteiger partial charge in [0.05, 0.1) is 23.4 Å². The molecule has 128 valence electrons. The SMILES string of the molecule is CCN(C(=O)c1ccc(-c2ccccc2)nc1C)[C@H]1CC(=O)NC1=O. The molecule has 1 fully saturated rings. The lowest BCUT2D eigenvalue weighted by Gasteiger charge is -2.25. The number of likely N-dealkylation sites (N-methyl/N-ethyl adjacent to an activating group) is 1. The van der Waals surface area contributed by atoms with Crippen molar-refractivity contribution >= 4 is 17.7 Å². The average Bonchev–Trinajstić information content (AvgIpc) is 2.94. The van der Waals surface area contributed by atoms with Crippen molar-refractivity contribution in [3.05, 3.63) is 53.7 Å². The Bertz CT molecular complexity index is 833. The average molecular weight is 337 g/mol. The molecule has 1 aromatic carbocycles. The van der Waals surface area contributed by atoms with E-state index in [9.17, 15) is 14.4 Å². The third kappa shape index (κ3) is 3.28. The first-order chi connectivity index (χ1) is 12.0. The van der Waals surface area contributed by atoms with E-state index >= 15 is 0 Å². The number of hydrogen-bond donors (Lipinski definition) is 1. The first-order valence-corrected chi connectivity index (χ1v) is 8.19. The number of rotatable bonds is 4. The number of carbonyl (C=O) groups excluding carboxylic acids is 3. The van der Waals surface area contributed by atoms with E-state index in [4.69, 9.17) is 0 Å². The number of benzene rings is 1. The van der Waals surface area contributed by atoms with E-state index < -0.39 is 11.9 Å². The van der Waals surface area contributed by atoms with Gasteiger partial charge in [0, 0.05) is 12.1 Å². The molecular formula is C19H19N3O3. The Morgan fingerprint density at radius 1 is 1.20 bits per heavy atom. The summed E-state index contributed by atoms with van der Waals surface area (Å²) >= 11 is 0. The Balaban J connectivity index is 1.89. The van der Waals surface area contributed by atoms with Crippen molar-refractivity contribution in [3.63, 3.8) is 0 Å². The Kier molecular flexibility index (Phi) is 4.61. The number of aryl methyl sites for hydroxylation is 1. The number of nitrogens with one attached hydrogen (secondary N) is 1. The van der Waals surface area contributed by atoms with Crippen LogP contribution in [0.3, 0.4) is 0 Å². The smallest absolute Gasteiger partial charge is 0.256 e. The monoisotopic (exact) mass is 337 g/mol. The molecule has 6 nitrogen and oxygen atoms in total. The lowest BCUT2D eigenvalue weighted by atomic mass is 10.1. The highest BCUT2D eigenvalue weighted by atomic mass is 16.2. The molecule has 1 aromatic heterocycles. The molecule has 1 N–H and O–H groups in total. The lowest BCUT2D eigenvalue weighted by Crippen LogP contribution is -2.44. The van der Waals surface area contributed by atoms with E-state index in [1.54, 1.807) is 26.0 Å². The first-order valence-electron chi connectivity index (χ1n) is 8.19. The number of amides is 3. The summed E-state index contributed by atoms with van der Waals surface area (Å²) in [6, 6.07) is 12.5. The summed E-state index contributed by atoms with van der Waals surface area (Å²) in [5.74, 6) is -1.07. The standard InChI is InChI=1S/C19H19N3O3/c1-3-22(16-11-17(23)21-18(16)24)19(25)14-9-10-15(20-12(14)2)13-7-5-4-6-8-13/h4-10,16H,3,11H2,1-2H3,(H,21,23,24)/t16-/m0/s1. The molecule has 0 radical (unpaired) electrons. The number of imide groups is 1. The van der Waals surface area contributed by atoms with Gasteiger partial charge in [-0.25, -0.2) is 0 Å². The minimum Gasteiger partial charge on any atom is -0.326 e. The van der Waals surface area contributed by atoms with Gasteiger partial charge in [0.15, 0.2) is 0 Å². The normalized spacial score (nSPS) is 16.6. The van der Waals surface area contributed by atoms with Crippen LogP contribution in [0.5, 0.6) is 0 Å². The van der Waals surface area contributed by atoms with Crippen molar-refractivity contribution < 1.29 is 14.4 Å². The first kappa shape index (κ1) is 16.8. The van der Waals surface area contributed by atoms with Gasteiger partial charge in [-0.1, -0.05) is 30.3 Å². The Hall–Kier alpha value is -3.02. The number of aromatic nitrogens is 1. The molecular weight excluding hydrogens is 318 g/mol.